The summed E-state index contributed by atoms with van der Waals surface area (Å²) in [5.74, 6) is -0.169. The molecule has 17 heavy (non-hydrogen) atoms. The fourth-order valence-electron chi connectivity index (χ4n) is 2.00. The van der Waals surface area contributed by atoms with E-state index in [2.05, 4.69) is 0 Å². The Kier molecular flexibility index (Phi) is 5.52. The minimum atomic E-state index is -3.14. The lowest BCUT2D eigenvalue weighted by atomic mass is 9.93. The molecule has 1 rings (SSSR count). The molecule has 1 fully saturated rings. The Labute approximate surface area is 105 Å². The number of rotatable bonds is 5. The van der Waals surface area contributed by atoms with E-state index in [9.17, 15) is 12.6 Å². The van der Waals surface area contributed by atoms with E-state index in [-0.39, 0.29) is 18.1 Å². The smallest absolute Gasteiger partial charge is 0.211 e. The highest BCUT2D eigenvalue weighted by Gasteiger charge is 2.28. The predicted octanol–water partition coefficient (Wildman–Crippen LogP) is 0.385. The van der Waals surface area contributed by atoms with Crippen molar-refractivity contribution >= 4 is 21.1 Å². The molecule has 1 saturated carbocycles. The van der Waals surface area contributed by atoms with Gasteiger partial charge in [-0.15, -0.1) is 0 Å². The molecule has 8 heteroatoms. The zero-order chi connectivity index (χ0) is 13.1. The van der Waals surface area contributed by atoms with Crippen LogP contribution in [0, 0.1) is 0 Å². The van der Waals surface area contributed by atoms with E-state index in [1.54, 1.807) is 7.05 Å². The Morgan fingerprint density at radius 2 is 1.88 bits per heavy atom. The quantitative estimate of drug-likeness (QED) is 0.739. The second-order valence-corrected chi connectivity index (χ2v) is 7.24. The van der Waals surface area contributed by atoms with Crippen LogP contribution in [-0.2, 0) is 25.8 Å². The average Bonchev–Trinajstić information content (AvgIpc) is 2.25. The van der Waals surface area contributed by atoms with Crippen molar-refractivity contribution in [3.8, 4) is 0 Å². The molecule has 0 aromatic carbocycles. The number of hydrogen-bond donors (Lipinski definition) is 1. The zero-order valence-electron chi connectivity index (χ0n) is 10.0. The Balaban J connectivity index is 2.38. The number of sulfonamides is 1. The topological polar surface area (TPSA) is 83.9 Å². The summed E-state index contributed by atoms with van der Waals surface area (Å²) in [5.41, 5.74) is 0. The SMILES string of the molecule is CN(C1CCC(OCS(=O)O)CC1)S(C)(=O)=O. The van der Waals surface area contributed by atoms with Gasteiger partial charge in [0.05, 0.1) is 12.4 Å². The molecule has 1 aliphatic rings. The first-order valence-corrected chi connectivity index (χ1v) is 8.55. The molecule has 0 aliphatic heterocycles. The van der Waals surface area contributed by atoms with Gasteiger partial charge in [0, 0.05) is 13.1 Å². The van der Waals surface area contributed by atoms with Crippen LogP contribution >= 0.6 is 0 Å². The number of hydrogen-bond acceptors (Lipinski definition) is 4. The van der Waals surface area contributed by atoms with E-state index in [4.69, 9.17) is 9.29 Å². The van der Waals surface area contributed by atoms with Crippen LogP contribution in [0.2, 0.25) is 0 Å². The van der Waals surface area contributed by atoms with Gasteiger partial charge in [-0.3, -0.25) is 0 Å². The third-order valence-electron chi connectivity index (χ3n) is 3.09. The molecule has 0 aromatic heterocycles. The zero-order valence-corrected chi connectivity index (χ0v) is 11.7. The summed E-state index contributed by atoms with van der Waals surface area (Å²) in [7, 11) is -1.55. The lowest BCUT2D eigenvalue weighted by Crippen LogP contribution is -2.40. The highest BCUT2D eigenvalue weighted by atomic mass is 32.2. The minimum absolute atomic E-state index is 0.0180. The second-order valence-electron chi connectivity index (χ2n) is 4.32. The molecular formula is C9H19NO5S2. The van der Waals surface area contributed by atoms with Crippen LogP contribution in [0.3, 0.4) is 0 Å². The molecule has 0 amide bonds. The van der Waals surface area contributed by atoms with Crippen molar-refractivity contribution < 1.29 is 21.9 Å². The van der Waals surface area contributed by atoms with Crippen molar-refractivity contribution in [2.75, 3.05) is 19.2 Å². The molecule has 0 spiro atoms. The van der Waals surface area contributed by atoms with Crippen molar-refractivity contribution in [3.63, 3.8) is 0 Å². The van der Waals surface area contributed by atoms with E-state index >= 15 is 0 Å². The van der Waals surface area contributed by atoms with Gasteiger partial charge in [0.1, 0.15) is 5.94 Å². The highest BCUT2D eigenvalue weighted by molar-refractivity contribution is 7.88. The molecule has 102 valence electrons. The summed E-state index contributed by atoms with van der Waals surface area (Å²) in [6.07, 6.45) is 4.07. The second kappa shape index (κ2) is 6.24. The van der Waals surface area contributed by atoms with Crippen molar-refractivity contribution in [1.29, 1.82) is 0 Å². The maximum Gasteiger partial charge on any atom is 0.211 e. The van der Waals surface area contributed by atoms with Gasteiger partial charge < -0.3 is 9.29 Å². The summed E-state index contributed by atoms with van der Waals surface area (Å²) in [5, 5.41) is 0. The first kappa shape index (κ1) is 15.0. The molecule has 1 aliphatic carbocycles. The first-order valence-electron chi connectivity index (χ1n) is 5.42. The number of nitrogens with zero attached hydrogens (tertiary/aromatic N) is 1. The highest BCUT2D eigenvalue weighted by Crippen LogP contribution is 2.25. The Morgan fingerprint density at radius 1 is 1.35 bits per heavy atom. The predicted molar refractivity (Wildman–Crippen MR) is 65.4 cm³/mol. The van der Waals surface area contributed by atoms with Gasteiger partial charge in [-0.1, -0.05) is 0 Å². The van der Waals surface area contributed by atoms with Crippen LogP contribution < -0.4 is 0 Å². The summed E-state index contributed by atoms with van der Waals surface area (Å²) in [6, 6.07) is 0.0180. The maximum absolute atomic E-state index is 11.3. The van der Waals surface area contributed by atoms with E-state index in [0.29, 0.717) is 0 Å². The molecule has 1 N–H and O–H groups in total. The van der Waals surface area contributed by atoms with Gasteiger partial charge in [0.15, 0.2) is 11.1 Å². The van der Waals surface area contributed by atoms with Crippen molar-refractivity contribution in [2.45, 2.75) is 37.8 Å². The van der Waals surface area contributed by atoms with Crippen molar-refractivity contribution in [2.24, 2.45) is 0 Å². The normalized spacial score (nSPS) is 28.2. The summed E-state index contributed by atoms with van der Waals surface area (Å²) >= 11 is -1.93. The average molecular weight is 285 g/mol. The molecule has 0 bridgehead atoms. The molecule has 1 unspecified atom stereocenters. The third kappa shape index (κ3) is 5.01. The lowest BCUT2D eigenvalue weighted by Gasteiger charge is -2.33. The monoisotopic (exact) mass is 285 g/mol. The van der Waals surface area contributed by atoms with Crippen LogP contribution in [0.5, 0.6) is 0 Å². The molecule has 0 radical (unpaired) electrons. The standard InChI is InChI=1S/C9H19NO5S2/c1-10(17(2,13)14)8-3-5-9(6-4-8)15-7-16(11)12/h8-9H,3-7H2,1-2H3,(H,11,12). The van der Waals surface area contributed by atoms with E-state index in [1.165, 1.54) is 10.6 Å². The fraction of sp³-hybridized carbons (Fsp3) is 1.00. The molecule has 1 atom stereocenters. The molecule has 0 saturated heterocycles. The molecule has 0 heterocycles. The van der Waals surface area contributed by atoms with Gasteiger partial charge in [0.2, 0.25) is 10.0 Å². The summed E-state index contributed by atoms with van der Waals surface area (Å²) in [4.78, 5) is 0. The van der Waals surface area contributed by atoms with E-state index < -0.39 is 21.1 Å². The Hall–Kier alpha value is -0.0200. The van der Waals surface area contributed by atoms with Gasteiger partial charge in [-0.2, -0.15) is 0 Å². The van der Waals surface area contributed by atoms with Gasteiger partial charge in [0.25, 0.3) is 0 Å². The van der Waals surface area contributed by atoms with Crippen molar-refractivity contribution in [1.82, 2.24) is 4.31 Å². The van der Waals surface area contributed by atoms with E-state index in [0.717, 1.165) is 25.7 Å². The molecule has 0 aromatic rings. The van der Waals surface area contributed by atoms with Crippen LogP contribution in [0.1, 0.15) is 25.7 Å². The Bertz CT molecular complexity index is 362. The largest absolute Gasteiger partial charge is 0.362 e. The lowest BCUT2D eigenvalue weighted by molar-refractivity contribution is 0.0426. The van der Waals surface area contributed by atoms with Crippen molar-refractivity contribution in [3.05, 3.63) is 0 Å². The number of ether oxygens (including phenoxy) is 1. The maximum atomic E-state index is 11.3. The fourth-order valence-corrected chi connectivity index (χ4v) is 3.06. The van der Waals surface area contributed by atoms with Crippen LogP contribution in [0.15, 0.2) is 0 Å². The summed E-state index contributed by atoms with van der Waals surface area (Å²) < 4.78 is 48.4. The minimum Gasteiger partial charge on any atom is -0.362 e. The molecule has 6 nitrogen and oxygen atoms in total. The van der Waals surface area contributed by atoms with Crippen LogP contribution in [0.4, 0.5) is 0 Å². The first-order chi connectivity index (χ1) is 7.80. The summed E-state index contributed by atoms with van der Waals surface area (Å²) in [6.45, 7) is 0. The van der Waals surface area contributed by atoms with Crippen LogP contribution in [0.25, 0.3) is 0 Å². The Morgan fingerprint density at radius 3 is 2.29 bits per heavy atom. The van der Waals surface area contributed by atoms with Crippen LogP contribution in [-0.4, -0.2) is 52.9 Å². The van der Waals surface area contributed by atoms with Gasteiger partial charge in [-0.05, 0) is 25.7 Å². The third-order valence-corrected chi connectivity index (χ3v) is 4.77. The van der Waals surface area contributed by atoms with Gasteiger partial charge >= 0.3 is 0 Å². The molecular weight excluding hydrogens is 266 g/mol. The van der Waals surface area contributed by atoms with Gasteiger partial charge in [-0.25, -0.2) is 16.9 Å². The van der Waals surface area contributed by atoms with E-state index in [1.807, 2.05) is 0 Å².